The van der Waals surface area contributed by atoms with E-state index < -0.39 is 0 Å². The van der Waals surface area contributed by atoms with Gasteiger partial charge >= 0.3 is 0 Å². The van der Waals surface area contributed by atoms with E-state index in [2.05, 4.69) is 41.8 Å². The number of hydrogen-bond donors (Lipinski definition) is 3. The number of nitrogens with one attached hydrogen (secondary N) is 1. The minimum absolute atomic E-state index is 0.0529. The van der Waals surface area contributed by atoms with E-state index in [9.17, 15) is 0 Å². The molecule has 0 fully saturated rings. The van der Waals surface area contributed by atoms with Crippen LogP contribution in [0.25, 0.3) is 0 Å². The van der Waals surface area contributed by atoms with Gasteiger partial charge in [0.15, 0.2) is 5.84 Å². The first-order chi connectivity index (χ1) is 8.01. The largest absolute Gasteiger partial charge is 0.409 e. The van der Waals surface area contributed by atoms with Crippen LogP contribution in [0.15, 0.2) is 22.7 Å². The Balaban J connectivity index is 2.60. The predicted molar refractivity (Wildman–Crippen MR) is 72.8 cm³/mol. The monoisotopic (exact) mass is 255 g/mol. The molecule has 1 aromatic heterocycles. The Morgan fingerprint density at radius 2 is 2.35 bits per heavy atom. The summed E-state index contributed by atoms with van der Waals surface area (Å²) in [6.07, 6.45) is 0.802. The van der Waals surface area contributed by atoms with E-state index >= 15 is 0 Å². The van der Waals surface area contributed by atoms with E-state index in [1.165, 1.54) is 4.88 Å². The lowest BCUT2D eigenvalue weighted by atomic mass is 9.91. The molecule has 0 aliphatic carbocycles. The van der Waals surface area contributed by atoms with Gasteiger partial charge in [-0.3, -0.25) is 0 Å². The number of nitrogens with two attached hydrogens (primary N) is 1. The van der Waals surface area contributed by atoms with Gasteiger partial charge < -0.3 is 16.3 Å². The minimum Gasteiger partial charge on any atom is -0.409 e. The zero-order valence-electron chi connectivity index (χ0n) is 10.6. The van der Waals surface area contributed by atoms with Gasteiger partial charge in [0.05, 0.1) is 6.04 Å². The Bertz CT molecular complexity index is 360. The zero-order chi connectivity index (χ0) is 12.9. The lowest BCUT2D eigenvalue weighted by Gasteiger charge is -2.26. The first-order valence-corrected chi connectivity index (χ1v) is 6.64. The van der Waals surface area contributed by atoms with E-state index in [1.807, 2.05) is 6.92 Å². The standard InChI is InChI=1S/C12H21N3OS/c1-4-9(11(13)15-16)14-8-12(2,3)10-6-5-7-17-10/h5-7,9,14,16H,4,8H2,1-3H3,(H2,13,15). The SMILES string of the molecule is CCC(NCC(C)(C)c1cccs1)/C(N)=N/O. The Kier molecular flexibility index (Phi) is 4.96. The van der Waals surface area contributed by atoms with Gasteiger partial charge in [-0.25, -0.2) is 0 Å². The summed E-state index contributed by atoms with van der Waals surface area (Å²) < 4.78 is 0. The molecule has 0 aliphatic rings. The van der Waals surface area contributed by atoms with Crippen molar-refractivity contribution in [2.75, 3.05) is 6.54 Å². The minimum atomic E-state index is -0.0702. The van der Waals surface area contributed by atoms with Crippen molar-refractivity contribution in [2.45, 2.75) is 38.6 Å². The Morgan fingerprint density at radius 3 is 2.82 bits per heavy atom. The number of amidine groups is 1. The van der Waals surface area contributed by atoms with Crippen LogP contribution < -0.4 is 11.1 Å². The van der Waals surface area contributed by atoms with Crippen molar-refractivity contribution >= 4 is 17.2 Å². The molecule has 0 saturated carbocycles. The molecule has 0 aliphatic heterocycles. The highest BCUT2D eigenvalue weighted by molar-refractivity contribution is 7.10. The topological polar surface area (TPSA) is 70.6 Å². The van der Waals surface area contributed by atoms with Crippen molar-refractivity contribution in [3.8, 4) is 0 Å². The van der Waals surface area contributed by atoms with Crippen LogP contribution in [0.4, 0.5) is 0 Å². The van der Waals surface area contributed by atoms with Crippen molar-refractivity contribution in [3.05, 3.63) is 22.4 Å². The summed E-state index contributed by atoms with van der Waals surface area (Å²) in [5.74, 6) is 0.245. The third-order valence-corrected chi connectivity index (χ3v) is 4.10. The Labute approximate surface area is 107 Å². The summed E-state index contributed by atoms with van der Waals surface area (Å²) in [4.78, 5) is 1.33. The maximum Gasteiger partial charge on any atom is 0.156 e. The van der Waals surface area contributed by atoms with Gasteiger partial charge in [-0.05, 0) is 17.9 Å². The highest BCUT2D eigenvalue weighted by Crippen LogP contribution is 2.26. The average molecular weight is 255 g/mol. The van der Waals surface area contributed by atoms with Crippen molar-refractivity contribution in [2.24, 2.45) is 10.9 Å². The molecule has 1 aromatic rings. The number of nitrogens with zero attached hydrogens (tertiary/aromatic N) is 1. The maximum absolute atomic E-state index is 8.67. The van der Waals surface area contributed by atoms with Crippen molar-refractivity contribution in [1.29, 1.82) is 0 Å². The number of oxime groups is 1. The first kappa shape index (κ1) is 14.0. The van der Waals surface area contributed by atoms with Crippen molar-refractivity contribution in [3.63, 3.8) is 0 Å². The first-order valence-electron chi connectivity index (χ1n) is 5.76. The van der Waals surface area contributed by atoms with Gasteiger partial charge in [-0.15, -0.1) is 11.3 Å². The summed E-state index contributed by atoms with van der Waals surface area (Å²) in [6.45, 7) is 7.17. The summed E-state index contributed by atoms with van der Waals surface area (Å²) in [5, 5.41) is 17.2. The molecule has 0 amide bonds. The van der Waals surface area contributed by atoms with Gasteiger partial charge in [0.25, 0.3) is 0 Å². The van der Waals surface area contributed by atoms with Gasteiger partial charge in [0.2, 0.25) is 0 Å². The third kappa shape index (κ3) is 3.71. The highest BCUT2D eigenvalue weighted by atomic mass is 32.1. The second kappa shape index (κ2) is 6.02. The number of thiophene rings is 1. The quantitative estimate of drug-likeness (QED) is 0.316. The van der Waals surface area contributed by atoms with E-state index in [1.54, 1.807) is 11.3 Å². The maximum atomic E-state index is 8.67. The molecule has 0 spiro atoms. The van der Waals surface area contributed by atoms with Crippen LogP contribution in [0, 0.1) is 0 Å². The molecule has 0 aromatic carbocycles. The predicted octanol–water partition coefficient (Wildman–Crippen LogP) is 2.14. The Hall–Kier alpha value is -1.07. The molecule has 1 rings (SSSR count). The second-order valence-corrected chi connectivity index (χ2v) is 5.68. The zero-order valence-corrected chi connectivity index (χ0v) is 11.4. The summed E-state index contributed by atoms with van der Waals surface area (Å²) in [5.41, 5.74) is 5.67. The smallest absolute Gasteiger partial charge is 0.156 e. The van der Waals surface area contributed by atoms with Crippen LogP contribution in [0.2, 0.25) is 0 Å². The van der Waals surface area contributed by atoms with Crippen LogP contribution in [0.3, 0.4) is 0 Å². The average Bonchev–Trinajstić information content (AvgIpc) is 2.83. The molecule has 1 atom stereocenters. The summed E-state index contributed by atoms with van der Waals surface area (Å²) in [6, 6.07) is 4.12. The third-order valence-electron chi connectivity index (χ3n) is 2.86. The van der Waals surface area contributed by atoms with Gasteiger partial charge in [-0.1, -0.05) is 32.0 Å². The van der Waals surface area contributed by atoms with Crippen LogP contribution >= 0.6 is 11.3 Å². The van der Waals surface area contributed by atoms with Crippen LogP contribution in [0.1, 0.15) is 32.1 Å². The van der Waals surface area contributed by atoms with Crippen LogP contribution in [-0.4, -0.2) is 23.6 Å². The molecule has 0 bridgehead atoms. The van der Waals surface area contributed by atoms with E-state index in [4.69, 9.17) is 10.9 Å². The summed E-state index contributed by atoms with van der Waals surface area (Å²) in [7, 11) is 0. The van der Waals surface area contributed by atoms with E-state index in [0.29, 0.717) is 0 Å². The molecule has 5 heteroatoms. The van der Waals surface area contributed by atoms with Crippen LogP contribution in [-0.2, 0) is 5.41 Å². The fraction of sp³-hybridized carbons (Fsp3) is 0.583. The molecular formula is C12H21N3OS. The normalized spacial score (nSPS) is 14.9. The molecule has 4 N–H and O–H groups in total. The summed E-state index contributed by atoms with van der Waals surface area (Å²) >= 11 is 1.75. The van der Waals surface area contributed by atoms with Gasteiger partial charge in [0.1, 0.15) is 0 Å². The fourth-order valence-electron chi connectivity index (χ4n) is 1.66. The van der Waals surface area contributed by atoms with E-state index in [0.717, 1.165) is 13.0 Å². The molecule has 1 heterocycles. The van der Waals surface area contributed by atoms with Crippen molar-refractivity contribution in [1.82, 2.24) is 5.32 Å². The number of rotatable bonds is 6. The fourth-order valence-corrected chi connectivity index (χ4v) is 2.51. The molecule has 1 unspecified atom stereocenters. The number of hydrogen-bond acceptors (Lipinski definition) is 4. The lowest BCUT2D eigenvalue weighted by Crippen LogP contribution is -2.45. The molecule has 0 saturated heterocycles. The lowest BCUT2D eigenvalue weighted by molar-refractivity contribution is 0.313. The van der Waals surface area contributed by atoms with Gasteiger partial charge in [0, 0.05) is 16.8 Å². The van der Waals surface area contributed by atoms with E-state index in [-0.39, 0.29) is 17.3 Å². The van der Waals surface area contributed by atoms with Gasteiger partial charge in [-0.2, -0.15) is 0 Å². The molecule has 4 nitrogen and oxygen atoms in total. The molecule has 96 valence electrons. The highest BCUT2D eigenvalue weighted by Gasteiger charge is 2.23. The Morgan fingerprint density at radius 1 is 1.65 bits per heavy atom. The molecule has 17 heavy (non-hydrogen) atoms. The van der Waals surface area contributed by atoms with Crippen molar-refractivity contribution < 1.29 is 5.21 Å². The second-order valence-electron chi connectivity index (χ2n) is 4.73. The molecule has 0 radical (unpaired) electrons. The van der Waals surface area contributed by atoms with Crippen LogP contribution in [0.5, 0.6) is 0 Å². The molecular weight excluding hydrogens is 234 g/mol.